The monoisotopic (exact) mass is 429 g/mol. The molecule has 0 unspecified atom stereocenters. The number of anilines is 1. The summed E-state index contributed by atoms with van der Waals surface area (Å²) in [5.41, 5.74) is 0.130. The van der Waals surface area contributed by atoms with E-state index in [4.69, 9.17) is 0 Å². The number of amides is 2. The van der Waals surface area contributed by atoms with Crippen LogP contribution in [0.3, 0.4) is 0 Å². The molecule has 1 aromatic carbocycles. The van der Waals surface area contributed by atoms with E-state index in [1.54, 1.807) is 12.1 Å². The minimum atomic E-state index is -1.15. The molecular formula is C15H13Br2NO4. The lowest BCUT2D eigenvalue weighted by Gasteiger charge is -2.29. The van der Waals surface area contributed by atoms with E-state index >= 15 is 0 Å². The number of halogens is 2. The molecule has 0 bridgehead atoms. The number of imide groups is 1. The van der Waals surface area contributed by atoms with E-state index in [9.17, 15) is 19.5 Å². The number of aromatic carboxylic acids is 1. The molecule has 3 rings (SSSR count). The third-order valence-corrected chi connectivity index (χ3v) is 7.02. The van der Waals surface area contributed by atoms with Gasteiger partial charge in [-0.05, 0) is 25.0 Å². The number of benzene rings is 1. The highest BCUT2D eigenvalue weighted by Gasteiger charge is 2.52. The summed E-state index contributed by atoms with van der Waals surface area (Å²) in [6.45, 7) is 0. The van der Waals surface area contributed by atoms with Gasteiger partial charge < -0.3 is 5.11 Å². The maximum absolute atomic E-state index is 12.7. The van der Waals surface area contributed by atoms with Gasteiger partial charge in [0.05, 0.1) is 23.1 Å². The molecule has 2 aliphatic rings. The van der Waals surface area contributed by atoms with Crippen LogP contribution < -0.4 is 4.90 Å². The van der Waals surface area contributed by atoms with Gasteiger partial charge in [-0.2, -0.15) is 0 Å². The zero-order valence-electron chi connectivity index (χ0n) is 11.4. The third kappa shape index (κ3) is 2.40. The number of para-hydroxylation sites is 1. The Morgan fingerprint density at radius 3 is 2.05 bits per heavy atom. The molecule has 0 radical (unpaired) electrons. The number of rotatable bonds is 2. The van der Waals surface area contributed by atoms with Crippen molar-refractivity contribution < 1.29 is 19.5 Å². The fourth-order valence-corrected chi connectivity index (χ4v) is 4.42. The highest BCUT2D eigenvalue weighted by molar-refractivity contribution is 9.12. The molecular weight excluding hydrogens is 418 g/mol. The van der Waals surface area contributed by atoms with Gasteiger partial charge in [-0.15, -0.1) is 0 Å². The van der Waals surface area contributed by atoms with E-state index in [-0.39, 0.29) is 44.6 Å². The van der Waals surface area contributed by atoms with Gasteiger partial charge in [-0.25, -0.2) is 9.69 Å². The molecule has 1 heterocycles. The number of fused-ring (bicyclic) bond motifs is 1. The quantitative estimate of drug-likeness (QED) is 0.578. The summed E-state index contributed by atoms with van der Waals surface area (Å²) >= 11 is 7.06. The molecule has 1 aliphatic heterocycles. The van der Waals surface area contributed by atoms with Gasteiger partial charge in [0.25, 0.3) is 0 Å². The average Bonchev–Trinajstić information content (AvgIpc) is 2.71. The molecule has 1 aliphatic carbocycles. The minimum absolute atomic E-state index is 0.0337. The Kier molecular flexibility index (Phi) is 4.11. The van der Waals surface area contributed by atoms with E-state index in [2.05, 4.69) is 31.9 Å². The van der Waals surface area contributed by atoms with Gasteiger partial charge in [-0.3, -0.25) is 9.59 Å². The number of carboxylic acids is 1. The fraction of sp³-hybridized carbons (Fsp3) is 0.400. The third-order valence-electron chi connectivity index (χ3n) is 4.29. The largest absolute Gasteiger partial charge is 0.478 e. The summed E-state index contributed by atoms with van der Waals surface area (Å²) in [5.74, 6) is -2.51. The van der Waals surface area contributed by atoms with Crippen molar-refractivity contribution >= 4 is 55.3 Å². The first kappa shape index (κ1) is 15.7. The van der Waals surface area contributed by atoms with E-state index in [1.165, 1.54) is 12.1 Å². The molecule has 4 atom stereocenters. The molecule has 2 fully saturated rings. The molecule has 1 N–H and O–H groups in total. The maximum atomic E-state index is 12.7. The summed E-state index contributed by atoms with van der Waals surface area (Å²) in [4.78, 5) is 38.0. The smallest absolute Gasteiger partial charge is 0.337 e. The van der Waals surface area contributed by atoms with Gasteiger partial charge in [-0.1, -0.05) is 44.0 Å². The molecule has 1 saturated heterocycles. The summed E-state index contributed by atoms with van der Waals surface area (Å²) in [7, 11) is 0. The molecule has 116 valence electrons. The maximum Gasteiger partial charge on any atom is 0.337 e. The minimum Gasteiger partial charge on any atom is -0.478 e. The number of carbonyl (C=O) groups excluding carboxylic acids is 2. The number of hydrogen-bond donors (Lipinski definition) is 1. The Morgan fingerprint density at radius 1 is 1.05 bits per heavy atom. The molecule has 1 aromatic rings. The van der Waals surface area contributed by atoms with Crippen molar-refractivity contribution in [1.29, 1.82) is 0 Å². The van der Waals surface area contributed by atoms with E-state index in [0.717, 1.165) is 4.90 Å². The van der Waals surface area contributed by atoms with Crippen molar-refractivity contribution in [3.63, 3.8) is 0 Å². The number of carbonyl (C=O) groups is 3. The Balaban J connectivity index is 2.01. The van der Waals surface area contributed by atoms with Crippen molar-refractivity contribution in [2.45, 2.75) is 22.5 Å². The molecule has 0 spiro atoms. The van der Waals surface area contributed by atoms with E-state index < -0.39 is 5.97 Å². The second-order valence-electron chi connectivity index (χ2n) is 5.55. The first-order valence-electron chi connectivity index (χ1n) is 6.90. The summed E-state index contributed by atoms with van der Waals surface area (Å²) in [5, 5.41) is 9.28. The topological polar surface area (TPSA) is 74.7 Å². The predicted octanol–water partition coefficient (Wildman–Crippen LogP) is 2.81. The first-order chi connectivity index (χ1) is 10.4. The molecule has 2 amide bonds. The highest BCUT2D eigenvalue weighted by Crippen LogP contribution is 2.44. The lowest BCUT2D eigenvalue weighted by atomic mass is 9.81. The molecule has 22 heavy (non-hydrogen) atoms. The first-order valence-corrected chi connectivity index (χ1v) is 8.73. The van der Waals surface area contributed by atoms with Crippen LogP contribution in [0.1, 0.15) is 23.2 Å². The second kappa shape index (κ2) is 5.77. The lowest BCUT2D eigenvalue weighted by molar-refractivity contribution is -0.122. The number of alkyl halides is 2. The van der Waals surface area contributed by atoms with Gasteiger partial charge in [0.2, 0.25) is 11.8 Å². The van der Waals surface area contributed by atoms with Crippen molar-refractivity contribution in [1.82, 2.24) is 0 Å². The van der Waals surface area contributed by atoms with Crippen LogP contribution in [0.4, 0.5) is 5.69 Å². The standard InChI is InChI=1S/C15H13Br2NO4/c16-10-5-8-9(6-11(10)17)14(20)18(13(8)19)12-4-2-1-3-7(12)15(21)22/h1-4,8-11H,5-6H2,(H,21,22)/t8-,9-,10-,11-/m0/s1. The van der Waals surface area contributed by atoms with Gasteiger partial charge in [0.1, 0.15) is 0 Å². The lowest BCUT2D eigenvalue weighted by Crippen LogP contribution is -2.34. The van der Waals surface area contributed by atoms with Crippen LogP contribution in [0, 0.1) is 11.8 Å². The van der Waals surface area contributed by atoms with E-state index in [1.807, 2.05) is 0 Å². The van der Waals surface area contributed by atoms with Gasteiger partial charge in [0.15, 0.2) is 0 Å². The zero-order valence-corrected chi connectivity index (χ0v) is 14.6. The number of carboxylic acid groups (broad SMARTS) is 1. The van der Waals surface area contributed by atoms with Crippen LogP contribution in [0.5, 0.6) is 0 Å². The fourth-order valence-electron chi connectivity index (χ4n) is 3.18. The number of hydrogen-bond acceptors (Lipinski definition) is 3. The SMILES string of the molecule is O=C(O)c1ccccc1N1C(=O)[C@H]2C[C@H](Br)[C@@H](Br)C[C@@H]2C1=O. The van der Waals surface area contributed by atoms with Crippen LogP contribution in [0.2, 0.25) is 0 Å². The zero-order chi connectivity index (χ0) is 16.0. The summed E-state index contributed by atoms with van der Waals surface area (Å²) in [6, 6.07) is 6.12. The highest BCUT2D eigenvalue weighted by atomic mass is 79.9. The second-order valence-corrected chi connectivity index (χ2v) is 7.90. The predicted molar refractivity (Wildman–Crippen MR) is 87.5 cm³/mol. The van der Waals surface area contributed by atoms with Crippen LogP contribution in [-0.4, -0.2) is 32.5 Å². The molecule has 1 saturated carbocycles. The van der Waals surface area contributed by atoms with Crippen molar-refractivity contribution in [3.05, 3.63) is 29.8 Å². The average molecular weight is 431 g/mol. The van der Waals surface area contributed by atoms with Gasteiger partial charge >= 0.3 is 5.97 Å². The Hall–Kier alpha value is -1.21. The number of nitrogens with zero attached hydrogens (tertiary/aromatic N) is 1. The Bertz CT molecular complexity index is 635. The van der Waals surface area contributed by atoms with Crippen LogP contribution in [0.15, 0.2) is 24.3 Å². The van der Waals surface area contributed by atoms with Crippen molar-refractivity contribution in [2.75, 3.05) is 4.90 Å². The molecule has 0 aromatic heterocycles. The molecule has 7 heteroatoms. The summed E-state index contributed by atoms with van der Waals surface area (Å²) in [6.07, 6.45) is 1.13. The normalized spacial score (nSPS) is 31.3. The van der Waals surface area contributed by atoms with Gasteiger partial charge in [0, 0.05) is 9.65 Å². The van der Waals surface area contributed by atoms with Crippen LogP contribution in [-0.2, 0) is 9.59 Å². The van der Waals surface area contributed by atoms with E-state index in [0.29, 0.717) is 12.8 Å². The van der Waals surface area contributed by atoms with Crippen molar-refractivity contribution in [3.8, 4) is 0 Å². The van der Waals surface area contributed by atoms with Crippen molar-refractivity contribution in [2.24, 2.45) is 11.8 Å². The Labute approximate surface area is 143 Å². The summed E-state index contributed by atoms with van der Waals surface area (Å²) < 4.78 is 0. The Morgan fingerprint density at radius 2 is 1.55 bits per heavy atom. The van der Waals surface area contributed by atoms with Crippen LogP contribution >= 0.6 is 31.9 Å². The molecule has 5 nitrogen and oxygen atoms in total. The van der Waals surface area contributed by atoms with Crippen LogP contribution in [0.25, 0.3) is 0 Å².